The second-order valence-corrected chi connectivity index (χ2v) is 8.09. The Morgan fingerprint density at radius 2 is 2.04 bits per heavy atom. The van der Waals surface area contributed by atoms with Gasteiger partial charge in [-0.25, -0.2) is 0 Å². The van der Waals surface area contributed by atoms with E-state index in [0.29, 0.717) is 5.92 Å². The number of guanidine groups is 1. The molecular formula is C22H38N4O2. The fraction of sp³-hybridized carbons (Fsp3) is 0.682. The van der Waals surface area contributed by atoms with Crippen LogP contribution >= 0.6 is 0 Å². The summed E-state index contributed by atoms with van der Waals surface area (Å²) >= 11 is 0. The Kier molecular flexibility index (Phi) is 8.90. The van der Waals surface area contributed by atoms with Gasteiger partial charge in [0.2, 0.25) is 0 Å². The first kappa shape index (κ1) is 22.3. The van der Waals surface area contributed by atoms with Crippen molar-refractivity contribution in [3.05, 3.63) is 23.8 Å². The van der Waals surface area contributed by atoms with Gasteiger partial charge in [-0.15, -0.1) is 0 Å². The van der Waals surface area contributed by atoms with Crippen LogP contribution in [0.5, 0.6) is 11.5 Å². The first-order valence-corrected chi connectivity index (χ1v) is 10.4. The summed E-state index contributed by atoms with van der Waals surface area (Å²) in [7, 11) is 5.19. The number of rotatable bonds is 8. The average molecular weight is 391 g/mol. The van der Waals surface area contributed by atoms with Gasteiger partial charge in [0.05, 0.1) is 20.3 Å². The predicted molar refractivity (Wildman–Crippen MR) is 116 cm³/mol. The van der Waals surface area contributed by atoms with E-state index < -0.39 is 0 Å². The van der Waals surface area contributed by atoms with Gasteiger partial charge in [-0.1, -0.05) is 13.8 Å². The highest BCUT2D eigenvalue weighted by atomic mass is 16.5. The van der Waals surface area contributed by atoms with Crippen LogP contribution in [-0.2, 0) is 0 Å². The van der Waals surface area contributed by atoms with Gasteiger partial charge in [0.25, 0.3) is 0 Å². The number of hydrogen-bond donors (Lipinski definition) is 2. The minimum atomic E-state index is 0.0417. The molecule has 2 atom stereocenters. The van der Waals surface area contributed by atoms with E-state index in [1.165, 1.54) is 32.5 Å². The highest BCUT2D eigenvalue weighted by Crippen LogP contribution is 2.29. The molecule has 0 aromatic heterocycles. The zero-order valence-corrected chi connectivity index (χ0v) is 18.4. The molecule has 2 unspecified atom stereocenters. The Balaban J connectivity index is 1.92. The molecule has 0 aliphatic carbocycles. The molecule has 158 valence electrons. The van der Waals surface area contributed by atoms with Crippen molar-refractivity contribution in [2.75, 3.05) is 47.4 Å². The summed E-state index contributed by atoms with van der Waals surface area (Å²) in [5, 5.41) is 7.00. The average Bonchev–Trinajstić information content (AvgIpc) is 2.70. The van der Waals surface area contributed by atoms with E-state index >= 15 is 0 Å². The molecule has 1 aliphatic rings. The lowest BCUT2D eigenvalue weighted by Gasteiger charge is -2.34. The molecule has 0 radical (unpaired) electrons. The summed E-state index contributed by atoms with van der Waals surface area (Å²) in [6.45, 7) is 11.2. The number of piperidine rings is 1. The van der Waals surface area contributed by atoms with E-state index in [4.69, 9.17) is 9.47 Å². The zero-order chi connectivity index (χ0) is 20.5. The van der Waals surface area contributed by atoms with Crippen LogP contribution < -0.4 is 20.1 Å². The van der Waals surface area contributed by atoms with Crippen LogP contribution in [0, 0.1) is 11.8 Å². The van der Waals surface area contributed by atoms with Gasteiger partial charge >= 0.3 is 0 Å². The molecule has 1 aliphatic heterocycles. The lowest BCUT2D eigenvalue weighted by Crippen LogP contribution is -2.45. The van der Waals surface area contributed by atoms with E-state index in [-0.39, 0.29) is 6.04 Å². The second kappa shape index (κ2) is 11.1. The maximum Gasteiger partial charge on any atom is 0.191 e. The van der Waals surface area contributed by atoms with Crippen LogP contribution in [0.3, 0.4) is 0 Å². The quantitative estimate of drug-likeness (QED) is 0.527. The lowest BCUT2D eigenvalue weighted by atomic mass is 9.97. The summed E-state index contributed by atoms with van der Waals surface area (Å²) in [4.78, 5) is 7.01. The van der Waals surface area contributed by atoms with Crippen LogP contribution in [-0.4, -0.2) is 58.3 Å². The van der Waals surface area contributed by atoms with E-state index in [0.717, 1.165) is 35.5 Å². The molecule has 2 N–H and O–H groups in total. The Hall–Kier alpha value is -1.95. The fourth-order valence-electron chi connectivity index (χ4n) is 3.90. The van der Waals surface area contributed by atoms with Gasteiger partial charge in [0.15, 0.2) is 5.96 Å². The highest BCUT2D eigenvalue weighted by molar-refractivity contribution is 5.80. The number of aliphatic imine (C=N–C) groups is 1. The van der Waals surface area contributed by atoms with Crippen LogP contribution in [0.15, 0.2) is 23.2 Å². The van der Waals surface area contributed by atoms with E-state index in [9.17, 15) is 0 Å². The third-order valence-corrected chi connectivity index (χ3v) is 5.26. The number of ether oxygens (including phenoxy) is 2. The third kappa shape index (κ3) is 6.59. The molecule has 6 heteroatoms. The number of methoxy groups -OCH3 is 2. The molecule has 1 fully saturated rings. The summed E-state index contributed by atoms with van der Waals surface area (Å²) in [6.07, 6.45) is 2.56. The maximum absolute atomic E-state index is 5.52. The van der Waals surface area contributed by atoms with Gasteiger partial charge in [0, 0.05) is 32.2 Å². The van der Waals surface area contributed by atoms with Crippen molar-refractivity contribution in [2.24, 2.45) is 16.8 Å². The largest absolute Gasteiger partial charge is 0.497 e. The van der Waals surface area contributed by atoms with Crippen LogP contribution in [0.4, 0.5) is 0 Å². The lowest BCUT2D eigenvalue weighted by molar-refractivity contribution is 0.159. The van der Waals surface area contributed by atoms with Gasteiger partial charge in [-0.3, -0.25) is 4.99 Å². The Bertz CT molecular complexity index is 633. The SMILES string of the molecule is CN=C(NCC1CCCN(CC(C)C)C1)NC(C)c1cc(OC)ccc1OC. The third-order valence-electron chi connectivity index (χ3n) is 5.26. The second-order valence-electron chi connectivity index (χ2n) is 8.09. The normalized spacial score (nSPS) is 19.4. The fourth-order valence-corrected chi connectivity index (χ4v) is 3.90. The Morgan fingerprint density at radius 1 is 1.25 bits per heavy atom. The van der Waals surface area contributed by atoms with Crippen LogP contribution in [0.2, 0.25) is 0 Å². The molecule has 1 aromatic carbocycles. The standard InChI is InChI=1S/C22H38N4O2/c1-16(2)14-26-11-7-8-18(15-26)13-24-22(23-4)25-17(3)20-12-19(27-5)9-10-21(20)28-6/h9-10,12,16-18H,7-8,11,13-15H2,1-6H3,(H2,23,24,25). The number of likely N-dealkylation sites (tertiary alicyclic amines) is 1. The number of benzene rings is 1. The molecule has 0 amide bonds. The summed E-state index contributed by atoms with van der Waals surface area (Å²) in [6, 6.07) is 5.90. The summed E-state index contributed by atoms with van der Waals surface area (Å²) in [5.41, 5.74) is 1.05. The van der Waals surface area contributed by atoms with E-state index in [2.05, 4.69) is 41.3 Å². The molecule has 6 nitrogen and oxygen atoms in total. The highest BCUT2D eigenvalue weighted by Gasteiger charge is 2.21. The first-order chi connectivity index (χ1) is 13.5. The molecule has 1 aromatic rings. The Labute approximate surface area is 170 Å². The minimum Gasteiger partial charge on any atom is -0.497 e. The van der Waals surface area contributed by atoms with Gasteiger partial charge in [0.1, 0.15) is 11.5 Å². The van der Waals surface area contributed by atoms with Crippen LogP contribution in [0.25, 0.3) is 0 Å². The number of nitrogens with zero attached hydrogens (tertiary/aromatic N) is 2. The van der Waals surface area contributed by atoms with E-state index in [1.54, 1.807) is 14.2 Å². The zero-order valence-electron chi connectivity index (χ0n) is 18.4. The maximum atomic E-state index is 5.52. The summed E-state index contributed by atoms with van der Waals surface area (Å²) in [5.74, 6) is 3.86. The van der Waals surface area contributed by atoms with Crippen LogP contribution in [0.1, 0.15) is 45.2 Å². The van der Waals surface area contributed by atoms with Crippen molar-refractivity contribution in [2.45, 2.75) is 39.7 Å². The summed E-state index contributed by atoms with van der Waals surface area (Å²) < 4.78 is 10.9. The number of nitrogens with one attached hydrogen (secondary N) is 2. The Morgan fingerprint density at radius 3 is 2.68 bits per heavy atom. The number of hydrogen-bond acceptors (Lipinski definition) is 4. The van der Waals surface area contributed by atoms with Crippen molar-refractivity contribution in [3.8, 4) is 11.5 Å². The van der Waals surface area contributed by atoms with Crippen molar-refractivity contribution in [3.63, 3.8) is 0 Å². The van der Waals surface area contributed by atoms with E-state index in [1.807, 2.05) is 25.2 Å². The van der Waals surface area contributed by atoms with Crippen molar-refractivity contribution < 1.29 is 9.47 Å². The monoisotopic (exact) mass is 390 g/mol. The van der Waals surface area contributed by atoms with Crippen molar-refractivity contribution >= 4 is 5.96 Å². The van der Waals surface area contributed by atoms with Gasteiger partial charge < -0.3 is 25.0 Å². The molecule has 1 saturated heterocycles. The molecule has 0 bridgehead atoms. The predicted octanol–water partition coefficient (Wildman–Crippen LogP) is 3.30. The molecule has 28 heavy (non-hydrogen) atoms. The van der Waals surface area contributed by atoms with Crippen molar-refractivity contribution in [1.82, 2.24) is 15.5 Å². The van der Waals surface area contributed by atoms with Gasteiger partial charge in [-0.2, -0.15) is 0 Å². The van der Waals surface area contributed by atoms with Gasteiger partial charge in [-0.05, 0) is 56.3 Å². The molecule has 1 heterocycles. The topological polar surface area (TPSA) is 58.1 Å². The molecular weight excluding hydrogens is 352 g/mol. The smallest absolute Gasteiger partial charge is 0.191 e. The molecule has 2 rings (SSSR count). The minimum absolute atomic E-state index is 0.0417. The van der Waals surface area contributed by atoms with Crippen molar-refractivity contribution in [1.29, 1.82) is 0 Å². The first-order valence-electron chi connectivity index (χ1n) is 10.4. The molecule has 0 spiro atoms. The molecule has 0 saturated carbocycles.